The van der Waals surface area contributed by atoms with Crippen LogP contribution in [0, 0.1) is 5.92 Å². The molecule has 1 aromatic carbocycles. The summed E-state index contributed by atoms with van der Waals surface area (Å²) < 4.78 is 10.5. The van der Waals surface area contributed by atoms with Crippen LogP contribution in [-0.4, -0.2) is 27.3 Å². The molecule has 0 aliphatic heterocycles. The van der Waals surface area contributed by atoms with Gasteiger partial charge in [-0.1, -0.05) is 26.3 Å². The van der Waals surface area contributed by atoms with Gasteiger partial charge in [-0.25, -0.2) is 0 Å². The Labute approximate surface area is 117 Å². The highest BCUT2D eigenvalue weighted by Gasteiger charge is 2.04. The summed E-state index contributed by atoms with van der Waals surface area (Å²) >= 11 is 0. The highest BCUT2D eigenvalue weighted by atomic mass is 16.5. The van der Waals surface area contributed by atoms with Crippen molar-refractivity contribution in [3.8, 4) is 11.5 Å². The third-order valence-electron chi connectivity index (χ3n) is 3.31. The van der Waals surface area contributed by atoms with Crippen molar-refractivity contribution in [2.45, 2.75) is 33.1 Å². The van der Waals surface area contributed by atoms with E-state index in [-0.39, 0.29) is 0 Å². The molecule has 1 unspecified atom stereocenters. The van der Waals surface area contributed by atoms with E-state index in [2.05, 4.69) is 31.3 Å². The quantitative estimate of drug-likeness (QED) is 0.695. The Morgan fingerprint density at radius 1 is 1.16 bits per heavy atom. The molecule has 0 saturated heterocycles. The molecule has 0 bridgehead atoms. The number of benzene rings is 1. The third kappa shape index (κ3) is 5.52. The number of ether oxygens (including phenoxy) is 2. The lowest BCUT2D eigenvalue weighted by Gasteiger charge is -2.12. The molecule has 1 N–H and O–H groups in total. The van der Waals surface area contributed by atoms with Crippen LogP contribution in [0.25, 0.3) is 0 Å². The average molecular weight is 265 g/mol. The first-order chi connectivity index (χ1) is 9.21. The van der Waals surface area contributed by atoms with Gasteiger partial charge in [-0.05, 0) is 49.5 Å². The van der Waals surface area contributed by atoms with Crippen LogP contribution < -0.4 is 14.8 Å². The van der Waals surface area contributed by atoms with Gasteiger partial charge in [0.1, 0.15) is 0 Å². The van der Waals surface area contributed by atoms with Gasteiger partial charge < -0.3 is 14.8 Å². The van der Waals surface area contributed by atoms with Gasteiger partial charge in [-0.15, -0.1) is 0 Å². The van der Waals surface area contributed by atoms with Crippen LogP contribution >= 0.6 is 0 Å². The van der Waals surface area contributed by atoms with Crippen LogP contribution in [0.3, 0.4) is 0 Å². The van der Waals surface area contributed by atoms with E-state index >= 15 is 0 Å². The van der Waals surface area contributed by atoms with Gasteiger partial charge in [-0.3, -0.25) is 0 Å². The zero-order chi connectivity index (χ0) is 14.1. The molecule has 1 aromatic rings. The van der Waals surface area contributed by atoms with Gasteiger partial charge in [0, 0.05) is 0 Å². The molecule has 0 aliphatic carbocycles. The molecule has 19 heavy (non-hydrogen) atoms. The summed E-state index contributed by atoms with van der Waals surface area (Å²) in [6.07, 6.45) is 3.57. The fourth-order valence-electron chi connectivity index (χ4n) is 2.21. The van der Waals surface area contributed by atoms with Crippen LogP contribution in [0.2, 0.25) is 0 Å². The van der Waals surface area contributed by atoms with Crippen molar-refractivity contribution in [3.05, 3.63) is 23.8 Å². The second kappa shape index (κ2) is 8.81. The molecule has 3 heteroatoms. The minimum Gasteiger partial charge on any atom is -0.493 e. The topological polar surface area (TPSA) is 30.5 Å². The van der Waals surface area contributed by atoms with Crippen molar-refractivity contribution < 1.29 is 9.47 Å². The third-order valence-corrected chi connectivity index (χ3v) is 3.31. The predicted octanol–water partition coefficient (Wildman–Crippen LogP) is 3.27. The fourth-order valence-corrected chi connectivity index (χ4v) is 2.21. The Kier molecular flexibility index (Phi) is 7.34. The lowest BCUT2D eigenvalue weighted by Crippen LogP contribution is -2.23. The Hall–Kier alpha value is -1.22. The molecular formula is C16H27NO2. The monoisotopic (exact) mass is 265 g/mol. The van der Waals surface area contributed by atoms with Crippen molar-refractivity contribution in [1.82, 2.24) is 5.32 Å². The van der Waals surface area contributed by atoms with Crippen molar-refractivity contribution in [1.29, 1.82) is 0 Å². The van der Waals surface area contributed by atoms with E-state index in [4.69, 9.17) is 9.47 Å². The molecule has 0 spiro atoms. The van der Waals surface area contributed by atoms with Gasteiger partial charge in [0.05, 0.1) is 14.2 Å². The lowest BCUT2D eigenvalue weighted by molar-refractivity contribution is 0.354. The normalized spacial score (nSPS) is 12.2. The van der Waals surface area contributed by atoms with Crippen LogP contribution in [0.1, 0.15) is 32.3 Å². The number of hydrogen-bond donors (Lipinski definition) is 1. The highest BCUT2D eigenvalue weighted by molar-refractivity contribution is 5.42. The standard InChI is InChI=1S/C16H27NO2/c1-5-6-13(2)12-17-10-9-14-7-8-15(18-3)16(11-14)19-4/h7-8,11,13,17H,5-6,9-10,12H2,1-4H3. The lowest BCUT2D eigenvalue weighted by atomic mass is 10.1. The Morgan fingerprint density at radius 3 is 2.53 bits per heavy atom. The maximum absolute atomic E-state index is 5.31. The summed E-state index contributed by atoms with van der Waals surface area (Å²) in [5.74, 6) is 2.35. The molecule has 1 atom stereocenters. The van der Waals surface area contributed by atoms with E-state index in [1.54, 1.807) is 14.2 Å². The zero-order valence-corrected chi connectivity index (χ0v) is 12.7. The van der Waals surface area contributed by atoms with E-state index in [1.807, 2.05) is 6.07 Å². The Bertz CT molecular complexity index is 366. The summed E-state index contributed by atoms with van der Waals surface area (Å²) in [6, 6.07) is 6.11. The zero-order valence-electron chi connectivity index (χ0n) is 12.7. The van der Waals surface area contributed by atoms with E-state index in [0.717, 1.165) is 36.9 Å². The smallest absolute Gasteiger partial charge is 0.160 e. The van der Waals surface area contributed by atoms with Crippen molar-refractivity contribution >= 4 is 0 Å². The average Bonchev–Trinajstić information content (AvgIpc) is 2.43. The van der Waals surface area contributed by atoms with Crippen LogP contribution in [0.4, 0.5) is 0 Å². The molecule has 0 fully saturated rings. The summed E-state index contributed by atoms with van der Waals surface area (Å²) in [5.41, 5.74) is 1.27. The second-order valence-electron chi connectivity index (χ2n) is 5.04. The SMILES string of the molecule is CCCC(C)CNCCc1ccc(OC)c(OC)c1. The molecule has 0 amide bonds. The fraction of sp³-hybridized carbons (Fsp3) is 0.625. The largest absolute Gasteiger partial charge is 0.493 e. The maximum Gasteiger partial charge on any atom is 0.160 e. The van der Waals surface area contributed by atoms with Gasteiger partial charge in [0.15, 0.2) is 11.5 Å². The second-order valence-corrected chi connectivity index (χ2v) is 5.04. The first kappa shape index (κ1) is 15.8. The van der Waals surface area contributed by atoms with Crippen molar-refractivity contribution in [2.75, 3.05) is 27.3 Å². The summed E-state index contributed by atoms with van der Waals surface area (Å²) in [7, 11) is 3.33. The molecule has 0 aromatic heterocycles. The van der Waals surface area contributed by atoms with E-state index in [1.165, 1.54) is 18.4 Å². The van der Waals surface area contributed by atoms with Crippen LogP contribution in [0.5, 0.6) is 11.5 Å². The summed E-state index contributed by atoms with van der Waals surface area (Å²) in [4.78, 5) is 0. The molecule has 0 radical (unpaired) electrons. The predicted molar refractivity (Wildman–Crippen MR) is 80.2 cm³/mol. The molecule has 108 valence electrons. The first-order valence-corrected chi connectivity index (χ1v) is 7.12. The van der Waals surface area contributed by atoms with Gasteiger partial charge in [0.25, 0.3) is 0 Å². The molecule has 1 rings (SSSR count). The molecule has 0 saturated carbocycles. The molecule has 0 aliphatic rings. The van der Waals surface area contributed by atoms with Crippen molar-refractivity contribution in [3.63, 3.8) is 0 Å². The van der Waals surface area contributed by atoms with E-state index < -0.39 is 0 Å². The van der Waals surface area contributed by atoms with Gasteiger partial charge in [-0.2, -0.15) is 0 Å². The minimum atomic E-state index is 0.760. The first-order valence-electron chi connectivity index (χ1n) is 7.12. The van der Waals surface area contributed by atoms with Crippen molar-refractivity contribution in [2.24, 2.45) is 5.92 Å². The minimum absolute atomic E-state index is 0.760. The van der Waals surface area contributed by atoms with Crippen LogP contribution in [0.15, 0.2) is 18.2 Å². The number of nitrogens with one attached hydrogen (secondary N) is 1. The maximum atomic E-state index is 5.31. The molecule has 3 nitrogen and oxygen atoms in total. The molecular weight excluding hydrogens is 238 g/mol. The molecule has 0 heterocycles. The Balaban J connectivity index is 2.37. The Morgan fingerprint density at radius 2 is 1.89 bits per heavy atom. The summed E-state index contributed by atoms with van der Waals surface area (Å²) in [5, 5.41) is 3.51. The number of rotatable bonds is 9. The number of methoxy groups -OCH3 is 2. The number of hydrogen-bond acceptors (Lipinski definition) is 3. The van der Waals surface area contributed by atoms with Gasteiger partial charge >= 0.3 is 0 Å². The van der Waals surface area contributed by atoms with Crippen LogP contribution in [-0.2, 0) is 6.42 Å². The highest BCUT2D eigenvalue weighted by Crippen LogP contribution is 2.27. The van der Waals surface area contributed by atoms with E-state index in [9.17, 15) is 0 Å². The summed E-state index contributed by atoms with van der Waals surface area (Å²) in [6.45, 7) is 6.64. The van der Waals surface area contributed by atoms with E-state index in [0.29, 0.717) is 0 Å². The van der Waals surface area contributed by atoms with Gasteiger partial charge in [0.2, 0.25) is 0 Å².